The van der Waals surface area contributed by atoms with Crippen LogP contribution in [-0.2, 0) is 19.4 Å². The Kier molecular flexibility index (Phi) is 5.13. The summed E-state index contributed by atoms with van der Waals surface area (Å²) < 4.78 is 0. The molecule has 0 atom stereocenters. The third-order valence-electron chi connectivity index (χ3n) is 1.79. The van der Waals surface area contributed by atoms with Gasteiger partial charge < -0.3 is 0 Å². The Bertz CT molecular complexity index is 380. The molecular weight excluding hydrogens is 208 g/mol. The van der Waals surface area contributed by atoms with Gasteiger partial charge in [-0.25, -0.2) is 0 Å². The molecule has 0 heterocycles. The van der Waals surface area contributed by atoms with Crippen molar-refractivity contribution in [2.75, 3.05) is 0 Å². The molecule has 4 nitrogen and oxygen atoms in total. The van der Waals surface area contributed by atoms with Crippen molar-refractivity contribution in [2.45, 2.75) is 0 Å². The van der Waals surface area contributed by atoms with E-state index in [9.17, 15) is 0 Å². The molecule has 0 aliphatic carbocycles. The van der Waals surface area contributed by atoms with E-state index in [1.807, 2.05) is 0 Å². The fraction of sp³-hybridized carbons (Fsp3) is 0. The lowest BCUT2D eigenvalue weighted by atomic mass is 10.1. The van der Waals surface area contributed by atoms with Crippen LogP contribution in [0.1, 0.15) is 0 Å². The zero-order valence-electron chi connectivity index (χ0n) is 8.41. The molecule has 2 rings (SSSR count). The summed E-state index contributed by atoms with van der Waals surface area (Å²) >= 11 is 0. The molecule has 4 heteroatoms. The van der Waals surface area contributed by atoms with Gasteiger partial charge in [-0.2, -0.15) is 0 Å². The molecule has 0 aliphatic rings. The van der Waals surface area contributed by atoms with E-state index in [0.717, 1.165) is 0 Å². The Morgan fingerprint density at radius 1 is 0.688 bits per heavy atom. The highest BCUT2D eigenvalue weighted by molar-refractivity contribution is 5.81. The van der Waals surface area contributed by atoms with Crippen molar-refractivity contribution in [1.29, 1.82) is 0 Å². The van der Waals surface area contributed by atoms with Crippen molar-refractivity contribution in [1.82, 2.24) is 0 Å². The molecule has 0 N–H and O–H groups in total. The lowest BCUT2D eigenvalue weighted by Gasteiger charge is -1.92. The van der Waals surface area contributed by atoms with Crippen molar-refractivity contribution in [3.05, 3.63) is 48.5 Å². The molecule has 16 heavy (non-hydrogen) atoms. The van der Waals surface area contributed by atoms with E-state index in [1.165, 1.54) is 10.8 Å². The fourth-order valence-corrected chi connectivity index (χ4v) is 1.18. The monoisotopic (exact) mass is 218 g/mol. The molecule has 2 aromatic rings. The third kappa shape index (κ3) is 3.79. The second-order valence-corrected chi connectivity index (χ2v) is 2.73. The summed E-state index contributed by atoms with van der Waals surface area (Å²) in [5.74, 6) is 0. The number of carbonyl (C=O) groups is 2. The molecule has 0 amide bonds. The second-order valence-electron chi connectivity index (χ2n) is 2.73. The molecule has 82 valence electrons. The van der Waals surface area contributed by atoms with Crippen LogP contribution in [0.3, 0.4) is 0 Å². The Morgan fingerprint density at radius 2 is 1.00 bits per heavy atom. The van der Waals surface area contributed by atoms with E-state index >= 15 is 0 Å². The Balaban J connectivity index is 0.000000187. The topological polar surface area (TPSA) is 52.6 Å². The molecule has 0 radical (unpaired) electrons. The summed E-state index contributed by atoms with van der Waals surface area (Å²) in [5.41, 5.74) is 0. The van der Waals surface area contributed by atoms with E-state index in [2.05, 4.69) is 58.3 Å². The van der Waals surface area contributed by atoms with Crippen molar-refractivity contribution in [3.8, 4) is 0 Å². The van der Waals surface area contributed by atoms with Crippen molar-refractivity contribution in [3.63, 3.8) is 0 Å². The highest BCUT2D eigenvalue weighted by atomic mass is 17.2. The first kappa shape index (κ1) is 11.7. The van der Waals surface area contributed by atoms with Crippen molar-refractivity contribution in [2.24, 2.45) is 0 Å². The Morgan fingerprint density at radius 3 is 1.25 bits per heavy atom. The second kappa shape index (κ2) is 7.00. The van der Waals surface area contributed by atoms with Crippen LogP contribution in [0.4, 0.5) is 0 Å². The van der Waals surface area contributed by atoms with E-state index in [0.29, 0.717) is 0 Å². The first-order valence-electron chi connectivity index (χ1n) is 4.51. The lowest BCUT2D eigenvalue weighted by molar-refractivity contribution is -0.235. The van der Waals surface area contributed by atoms with Crippen molar-refractivity contribution >= 4 is 23.7 Å². The Hall–Kier alpha value is -2.36. The molecule has 2 aromatic carbocycles. The maximum Gasteiger partial charge on any atom is 0.344 e. The minimum Gasteiger partial charge on any atom is -0.251 e. The van der Waals surface area contributed by atoms with Gasteiger partial charge in [-0.3, -0.25) is 19.4 Å². The number of hydrogen-bond acceptors (Lipinski definition) is 4. The molecule has 0 fully saturated rings. The lowest BCUT2D eigenvalue weighted by Crippen LogP contribution is -1.85. The molecule has 0 unspecified atom stereocenters. The fourth-order valence-electron chi connectivity index (χ4n) is 1.18. The summed E-state index contributed by atoms with van der Waals surface area (Å²) in [7, 11) is 0. The first-order chi connectivity index (χ1) is 7.88. The van der Waals surface area contributed by atoms with Crippen LogP contribution in [-0.4, -0.2) is 12.9 Å². The molecular formula is C12H10O4. The average Bonchev–Trinajstić information content (AvgIpc) is 2.37. The van der Waals surface area contributed by atoms with Gasteiger partial charge in [-0.15, -0.1) is 0 Å². The number of fused-ring (bicyclic) bond motifs is 1. The standard InChI is InChI=1S/C10H8.C2H2O4/c1-2-6-10-8-4-3-7-9(10)5-1;3-1-5-6-2-4/h1-8H;1-2H. The van der Waals surface area contributed by atoms with Gasteiger partial charge in [0.2, 0.25) is 0 Å². The van der Waals surface area contributed by atoms with Gasteiger partial charge in [0.1, 0.15) is 0 Å². The van der Waals surface area contributed by atoms with E-state index in [4.69, 9.17) is 9.59 Å². The summed E-state index contributed by atoms with van der Waals surface area (Å²) in [6.45, 7) is 0.0167. The zero-order chi connectivity index (χ0) is 11.6. The van der Waals surface area contributed by atoms with Gasteiger partial charge in [0, 0.05) is 0 Å². The summed E-state index contributed by atoms with van der Waals surface area (Å²) in [6, 6.07) is 16.7. The normalized spacial score (nSPS) is 8.50. The molecule has 0 aromatic heterocycles. The largest absolute Gasteiger partial charge is 0.344 e. The summed E-state index contributed by atoms with van der Waals surface area (Å²) in [6.07, 6.45) is 0. The van der Waals surface area contributed by atoms with Crippen LogP contribution >= 0.6 is 0 Å². The minimum atomic E-state index is 0.00833. The molecule has 0 saturated heterocycles. The van der Waals surface area contributed by atoms with Crippen LogP contribution in [0.2, 0.25) is 0 Å². The number of hydrogen-bond donors (Lipinski definition) is 0. The van der Waals surface area contributed by atoms with Gasteiger partial charge in [-0.05, 0) is 10.8 Å². The van der Waals surface area contributed by atoms with Gasteiger partial charge in [0.15, 0.2) is 0 Å². The van der Waals surface area contributed by atoms with Crippen LogP contribution < -0.4 is 0 Å². The highest BCUT2D eigenvalue weighted by Gasteiger charge is 1.85. The van der Waals surface area contributed by atoms with Crippen molar-refractivity contribution < 1.29 is 19.4 Å². The molecule has 0 aliphatic heterocycles. The maximum absolute atomic E-state index is 9.06. The van der Waals surface area contributed by atoms with Gasteiger partial charge in [0.05, 0.1) is 0 Å². The minimum absolute atomic E-state index is 0.00833. The third-order valence-corrected chi connectivity index (χ3v) is 1.79. The number of rotatable bonds is 3. The number of carbonyl (C=O) groups excluding carboxylic acids is 2. The SMILES string of the molecule is O=COOC=O.c1ccc2ccccc2c1. The molecule has 0 saturated carbocycles. The van der Waals surface area contributed by atoms with Crippen LogP contribution in [0.15, 0.2) is 48.5 Å². The van der Waals surface area contributed by atoms with E-state index in [1.54, 1.807) is 0 Å². The summed E-state index contributed by atoms with van der Waals surface area (Å²) in [5, 5.41) is 2.62. The zero-order valence-corrected chi connectivity index (χ0v) is 8.41. The average molecular weight is 218 g/mol. The summed E-state index contributed by atoms with van der Waals surface area (Å²) in [4.78, 5) is 25.0. The van der Waals surface area contributed by atoms with Crippen LogP contribution in [0, 0.1) is 0 Å². The predicted molar refractivity (Wildman–Crippen MR) is 58.2 cm³/mol. The van der Waals surface area contributed by atoms with Crippen LogP contribution in [0.5, 0.6) is 0 Å². The Labute approximate surface area is 92.3 Å². The predicted octanol–water partition coefficient (Wildman–Crippen LogP) is 2.09. The molecule has 0 bridgehead atoms. The van der Waals surface area contributed by atoms with E-state index in [-0.39, 0.29) is 12.9 Å². The van der Waals surface area contributed by atoms with Gasteiger partial charge >= 0.3 is 12.9 Å². The molecule has 0 spiro atoms. The quantitative estimate of drug-likeness (QED) is 0.342. The van der Waals surface area contributed by atoms with E-state index < -0.39 is 0 Å². The van der Waals surface area contributed by atoms with Gasteiger partial charge in [0.25, 0.3) is 0 Å². The number of benzene rings is 2. The highest BCUT2D eigenvalue weighted by Crippen LogP contribution is 2.11. The van der Waals surface area contributed by atoms with Gasteiger partial charge in [-0.1, -0.05) is 48.5 Å². The van der Waals surface area contributed by atoms with Crippen LogP contribution in [0.25, 0.3) is 10.8 Å². The smallest absolute Gasteiger partial charge is 0.251 e. The first-order valence-corrected chi connectivity index (χ1v) is 4.51. The maximum atomic E-state index is 9.06.